The van der Waals surface area contributed by atoms with E-state index in [2.05, 4.69) is 18.2 Å². The van der Waals surface area contributed by atoms with Crippen LogP contribution >= 0.6 is 22.7 Å². The first kappa shape index (κ1) is 18.7. The first-order chi connectivity index (χ1) is 14.6. The number of thiazole rings is 1. The molecule has 0 saturated carbocycles. The van der Waals surface area contributed by atoms with Crippen LogP contribution in [0.2, 0.25) is 0 Å². The van der Waals surface area contributed by atoms with Crippen LogP contribution < -0.4 is 0 Å². The van der Waals surface area contributed by atoms with Gasteiger partial charge in [0.1, 0.15) is 10.8 Å². The van der Waals surface area contributed by atoms with Crippen molar-refractivity contribution >= 4 is 38.7 Å². The minimum Gasteiger partial charge on any atom is -0.478 e. The molecular weight excluding hydrogens is 417 g/mol. The lowest BCUT2D eigenvalue weighted by Crippen LogP contribution is -2.00. The lowest BCUT2D eigenvalue weighted by molar-refractivity contribution is 0.0692. The van der Waals surface area contributed by atoms with Gasteiger partial charge in [0.2, 0.25) is 0 Å². The van der Waals surface area contributed by atoms with Crippen LogP contribution in [0.5, 0.6) is 0 Å². The molecule has 3 nitrogen and oxygen atoms in total. The van der Waals surface area contributed by atoms with E-state index in [0.717, 1.165) is 26.7 Å². The predicted octanol–water partition coefficient (Wildman–Crippen LogP) is 7.20. The number of carboxylic acid groups (broad SMARTS) is 1. The van der Waals surface area contributed by atoms with E-state index >= 15 is 0 Å². The number of aromatic nitrogens is 1. The van der Waals surface area contributed by atoms with Crippen LogP contribution in [0.15, 0.2) is 78.2 Å². The quantitative estimate of drug-likeness (QED) is 0.327. The first-order valence-electron chi connectivity index (χ1n) is 9.16. The number of halogens is 1. The van der Waals surface area contributed by atoms with E-state index in [0.29, 0.717) is 5.56 Å². The van der Waals surface area contributed by atoms with Crippen LogP contribution in [0.4, 0.5) is 4.39 Å². The monoisotopic (exact) mass is 431 g/mol. The zero-order valence-electron chi connectivity index (χ0n) is 15.5. The molecule has 5 aromatic rings. The fraction of sp³-hybridized carbons (Fsp3) is 0. The molecule has 0 aliphatic carbocycles. The largest absolute Gasteiger partial charge is 0.478 e. The van der Waals surface area contributed by atoms with Crippen LogP contribution in [0.1, 0.15) is 10.4 Å². The van der Waals surface area contributed by atoms with E-state index in [1.807, 2.05) is 41.8 Å². The van der Waals surface area contributed by atoms with Crippen LogP contribution in [0.25, 0.3) is 42.4 Å². The summed E-state index contributed by atoms with van der Waals surface area (Å²) in [4.78, 5) is 17.2. The van der Waals surface area contributed by atoms with E-state index in [1.165, 1.54) is 22.2 Å². The number of nitrogens with zero attached hydrogens (tertiary/aromatic N) is 1. The second-order valence-electron chi connectivity index (χ2n) is 6.77. The molecular formula is C24H14FNO2S2. The maximum Gasteiger partial charge on any atom is 0.338 e. The smallest absolute Gasteiger partial charge is 0.338 e. The molecule has 0 amide bonds. The van der Waals surface area contributed by atoms with E-state index in [4.69, 9.17) is 4.98 Å². The molecule has 0 saturated heterocycles. The summed E-state index contributed by atoms with van der Waals surface area (Å²) in [7, 11) is 0. The second kappa shape index (κ2) is 7.48. The van der Waals surface area contributed by atoms with Crippen LogP contribution in [0.3, 0.4) is 0 Å². The highest BCUT2D eigenvalue weighted by molar-refractivity contribution is 7.25. The zero-order valence-corrected chi connectivity index (χ0v) is 17.1. The van der Waals surface area contributed by atoms with Crippen molar-refractivity contribution in [2.45, 2.75) is 0 Å². The summed E-state index contributed by atoms with van der Waals surface area (Å²) in [6.07, 6.45) is 0. The molecule has 3 aromatic carbocycles. The van der Waals surface area contributed by atoms with Crippen molar-refractivity contribution < 1.29 is 14.3 Å². The zero-order chi connectivity index (χ0) is 20.7. The maximum absolute atomic E-state index is 13.7. The van der Waals surface area contributed by atoms with Gasteiger partial charge in [-0.3, -0.25) is 0 Å². The molecule has 6 heteroatoms. The van der Waals surface area contributed by atoms with E-state index in [9.17, 15) is 14.3 Å². The minimum atomic E-state index is -1.28. The Hall–Kier alpha value is -3.35. The van der Waals surface area contributed by atoms with Gasteiger partial charge >= 0.3 is 5.97 Å². The van der Waals surface area contributed by atoms with Crippen molar-refractivity contribution in [3.63, 3.8) is 0 Å². The Balaban J connectivity index is 1.51. The summed E-state index contributed by atoms with van der Waals surface area (Å²) in [5, 5.41) is 13.4. The molecule has 1 N–H and O–H groups in total. The van der Waals surface area contributed by atoms with Gasteiger partial charge in [-0.25, -0.2) is 14.2 Å². The summed E-state index contributed by atoms with van der Waals surface area (Å²) < 4.78 is 15.0. The highest BCUT2D eigenvalue weighted by Gasteiger charge is 2.13. The summed E-state index contributed by atoms with van der Waals surface area (Å²) in [5.41, 5.74) is 2.91. The fourth-order valence-corrected chi connectivity index (χ4v) is 5.29. The third-order valence-electron chi connectivity index (χ3n) is 4.83. The Kier molecular flexibility index (Phi) is 4.65. The molecule has 0 atom stereocenters. The number of carbonyl (C=O) groups is 1. The van der Waals surface area contributed by atoms with Crippen molar-refractivity contribution in [2.24, 2.45) is 0 Å². The van der Waals surface area contributed by atoms with Crippen molar-refractivity contribution in [1.29, 1.82) is 0 Å². The molecule has 2 aromatic heterocycles. The molecule has 0 unspecified atom stereocenters. The van der Waals surface area contributed by atoms with Gasteiger partial charge in [0.05, 0.1) is 16.1 Å². The number of carboxylic acids is 1. The predicted molar refractivity (Wildman–Crippen MR) is 121 cm³/mol. The molecule has 0 radical (unpaired) electrons. The molecule has 30 heavy (non-hydrogen) atoms. The molecule has 0 aliphatic heterocycles. The van der Waals surface area contributed by atoms with Crippen LogP contribution in [0, 0.1) is 5.82 Å². The van der Waals surface area contributed by atoms with E-state index < -0.39 is 11.8 Å². The summed E-state index contributed by atoms with van der Waals surface area (Å²) in [6, 6.07) is 22.3. The van der Waals surface area contributed by atoms with Crippen LogP contribution in [-0.4, -0.2) is 16.1 Å². The van der Waals surface area contributed by atoms with E-state index in [-0.39, 0.29) is 5.56 Å². The molecule has 146 valence electrons. The standard InChI is InChI=1S/C24H14FNO2S2/c25-19-9-8-15(11-18(19)24(27)28)14-5-3-6-16(10-14)20-13-29-23(26-20)22-12-17-4-1-2-7-21(17)30-22/h1-13H,(H,27,28). The normalized spacial score (nSPS) is 11.1. The molecule has 0 aliphatic rings. The van der Waals surface area contributed by atoms with Crippen molar-refractivity contribution in [3.05, 3.63) is 89.6 Å². The summed E-state index contributed by atoms with van der Waals surface area (Å²) in [6.45, 7) is 0. The van der Waals surface area contributed by atoms with Gasteiger partial charge in [0.25, 0.3) is 0 Å². The number of thiophene rings is 1. The SMILES string of the molecule is O=C(O)c1cc(-c2cccc(-c3csc(-c4cc5ccccc5s4)n3)c2)ccc1F. The molecule has 2 heterocycles. The van der Waals surface area contributed by atoms with Gasteiger partial charge in [0.15, 0.2) is 0 Å². The highest BCUT2D eigenvalue weighted by Crippen LogP contribution is 2.37. The number of hydrogen-bond acceptors (Lipinski definition) is 4. The number of rotatable bonds is 4. The third kappa shape index (κ3) is 3.40. The highest BCUT2D eigenvalue weighted by atomic mass is 32.1. The Morgan fingerprint density at radius 2 is 1.70 bits per heavy atom. The average molecular weight is 432 g/mol. The fourth-order valence-electron chi connectivity index (χ4n) is 3.33. The average Bonchev–Trinajstić information content (AvgIpc) is 3.41. The van der Waals surface area contributed by atoms with E-state index in [1.54, 1.807) is 28.7 Å². The first-order valence-corrected chi connectivity index (χ1v) is 10.9. The number of hydrogen-bond donors (Lipinski definition) is 1. The van der Waals surface area contributed by atoms with Gasteiger partial charge in [0, 0.05) is 15.6 Å². The van der Waals surface area contributed by atoms with Crippen molar-refractivity contribution in [1.82, 2.24) is 4.98 Å². The summed E-state index contributed by atoms with van der Waals surface area (Å²) in [5.74, 6) is -2.02. The van der Waals surface area contributed by atoms with Gasteiger partial charge < -0.3 is 5.11 Å². The molecule has 5 rings (SSSR count). The number of aromatic carboxylic acids is 1. The Morgan fingerprint density at radius 1 is 0.900 bits per heavy atom. The number of benzene rings is 3. The Bertz CT molecular complexity index is 1370. The minimum absolute atomic E-state index is 0.335. The number of fused-ring (bicyclic) bond motifs is 1. The third-order valence-corrected chi connectivity index (χ3v) is 6.96. The van der Waals surface area contributed by atoms with Crippen LogP contribution in [-0.2, 0) is 0 Å². The maximum atomic E-state index is 13.7. The Morgan fingerprint density at radius 3 is 2.53 bits per heavy atom. The van der Waals surface area contributed by atoms with Crippen molar-refractivity contribution in [2.75, 3.05) is 0 Å². The lowest BCUT2D eigenvalue weighted by atomic mass is 10.00. The van der Waals surface area contributed by atoms with Gasteiger partial charge in [-0.1, -0.05) is 42.5 Å². The molecule has 0 fully saturated rings. The molecule has 0 bridgehead atoms. The van der Waals surface area contributed by atoms with Gasteiger partial charge in [-0.15, -0.1) is 22.7 Å². The van der Waals surface area contributed by atoms with Gasteiger partial charge in [-0.2, -0.15) is 0 Å². The topological polar surface area (TPSA) is 50.2 Å². The Labute approximate surface area is 179 Å². The van der Waals surface area contributed by atoms with Crippen molar-refractivity contribution in [3.8, 4) is 32.3 Å². The summed E-state index contributed by atoms with van der Waals surface area (Å²) >= 11 is 3.32. The molecule has 0 spiro atoms. The second-order valence-corrected chi connectivity index (χ2v) is 8.71. The van der Waals surface area contributed by atoms with Gasteiger partial charge in [-0.05, 0) is 46.8 Å². The lowest BCUT2D eigenvalue weighted by Gasteiger charge is -2.06.